The van der Waals surface area contributed by atoms with E-state index in [9.17, 15) is 9.50 Å². The van der Waals surface area contributed by atoms with Crippen molar-refractivity contribution in [3.63, 3.8) is 0 Å². The summed E-state index contributed by atoms with van der Waals surface area (Å²) in [4.78, 5) is 0. The first-order valence-electron chi connectivity index (χ1n) is 6.07. The molecule has 1 N–H and O–H groups in total. The number of benzene rings is 1. The number of hydrogen-bond acceptors (Lipinski definition) is 2. The molecule has 1 aliphatic carbocycles. The van der Waals surface area contributed by atoms with E-state index in [1.165, 1.54) is 6.07 Å². The molecule has 2 atom stereocenters. The predicted molar refractivity (Wildman–Crippen MR) is 64.3 cm³/mol. The highest BCUT2D eigenvalue weighted by molar-refractivity contribution is 5.29. The van der Waals surface area contributed by atoms with Crippen molar-refractivity contribution in [2.24, 2.45) is 0 Å². The Morgan fingerprint density at radius 3 is 2.94 bits per heavy atom. The largest absolute Gasteiger partial charge is 0.385 e. The molecule has 1 saturated carbocycles. The minimum absolute atomic E-state index is 0.0219. The summed E-state index contributed by atoms with van der Waals surface area (Å²) in [5.41, 5.74) is 0.309. The van der Waals surface area contributed by atoms with Crippen molar-refractivity contribution in [1.29, 1.82) is 0 Å². The molecule has 0 aromatic heterocycles. The Kier molecular flexibility index (Phi) is 3.50. The van der Waals surface area contributed by atoms with E-state index in [-0.39, 0.29) is 11.9 Å². The Balaban J connectivity index is 2.33. The molecular formula is C14H19FO2. The van der Waals surface area contributed by atoms with Gasteiger partial charge in [-0.05, 0) is 32.3 Å². The summed E-state index contributed by atoms with van der Waals surface area (Å²) < 4.78 is 19.1. The highest BCUT2D eigenvalue weighted by atomic mass is 19.1. The molecule has 2 nitrogen and oxygen atoms in total. The summed E-state index contributed by atoms with van der Waals surface area (Å²) in [6.07, 6.45) is 2.90. The molecule has 1 fully saturated rings. The SMILES string of the molecule is COC1CCCC(O)(c2cc(C)ccc2F)C1. The summed E-state index contributed by atoms with van der Waals surface area (Å²) in [5.74, 6) is -0.324. The lowest BCUT2D eigenvalue weighted by Gasteiger charge is -2.36. The number of aryl methyl sites for hydroxylation is 1. The normalized spacial score (nSPS) is 29.3. The van der Waals surface area contributed by atoms with Crippen molar-refractivity contribution in [3.05, 3.63) is 35.1 Å². The molecule has 0 radical (unpaired) electrons. The summed E-state index contributed by atoms with van der Waals surface area (Å²) in [6.45, 7) is 1.91. The van der Waals surface area contributed by atoms with Crippen molar-refractivity contribution >= 4 is 0 Å². The van der Waals surface area contributed by atoms with Crippen LogP contribution in [0.2, 0.25) is 0 Å². The second kappa shape index (κ2) is 4.75. The zero-order chi connectivity index (χ0) is 12.5. The molecule has 0 spiro atoms. The fourth-order valence-electron chi connectivity index (χ4n) is 2.64. The van der Waals surface area contributed by atoms with Gasteiger partial charge in [0.15, 0.2) is 0 Å². The number of rotatable bonds is 2. The van der Waals surface area contributed by atoms with Crippen LogP contribution in [0.5, 0.6) is 0 Å². The van der Waals surface area contributed by atoms with Crippen LogP contribution < -0.4 is 0 Å². The fourth-order valence-corrected chi connectivity index (χ4v) is 2.64. The minimum atomic E-state index is -1.07. The third-order valence-electron chi connectivity index (χ3n) is 3.64. The first-order valence-corrected chi connectivity index (χ1v) is 6.07. The predicted octanol–water partition coefficient (Wildman–Crippen LogP) is 2.91. The van der Waals surface area contributed by atoms with Crippen LogP contribution in [0.3, 0.4) is 0 Å². The molecule has 17 heavy (non-hydrogen) atoms. The first-order chi connectivity index (χ1) is 8.05. The molecule has 1 aromatic carbocycles. The van der Waals surface area contributed by atoms with Crippen LogP contribution in [0.25, 0.3) is 0 Å². The maximum atomic E-state index is 13.8. The van der Waals surface area contributed by atoms with E-state index >= 15 is 0 Å². The molecule has 1 aliphatic rings. The maximum Gasteiger partial charge on any atom is 0.129 e. The van der Waals surface area contributed by atoms with E-state index in [1.54, 1.807) is 19.2 Å². The van der Waals surface area contributed by atoms with Crippen molar-refractivity contribution in [2.45, 2.75) is 44.3 Å². The van der Waals surface area contributed by atoms with Gasteiger partial charge in [0.2, 0.25) is 0 Å². The van der Waals surface area contributed by atoms with Crippen LogP contribution in [0.4, 0.5) is 4.39 Å². The van der Waals surface area contributed by atoms with E-state index in [4.69, 9.17) is 4.74 Å². The lowest BCUT2D eigenvalue weighted by Crippen LogP contribution is -2.36. The zero-order valence-corrected chi connectivity index (χ0v) is 10.4. The maximum absolute atomic E-state index is 13.8. The molecule has 0 heterocycles. The smallest absolute Gasteiger partial charge is 0.129 e. The Morgan fingerprint density at radius 2 is 2.24 bits per heavy atom. The van der Waals surface area contributed by atoms with Gasteiger partial charge in [0, 0.05) is 19.1 Å². The lowest BCUT2D eigenvalue weighted by molar-refractivity contribution is -0.0650. The van der Waals surface area contributed by atoms with E-state index in [1.807, 2.05) is 6.92 Å². The molecule has 2 rings (SSSR count). The third-order valence-corrected chi connectivity index (χ3v) is 3.64. The summed E-state index contributed by atoms with van der Waals surface area (Å²) >= 11 is 0. The summed E-state index contributed by atoms with van der Waals surface area (Å²) in [7, 11) is 1.64. The second-order valence-corrected chi connectivity index (χ2v) is 4.97. The third kappa shape index (κ3) is 2.50. The van der Waals surface area contributed by atoms with E-state index in [0.29, 0.717) is 18.4 Å². The second-order valence-electron chi connectivity index (χ2n) is 4.97. The van der Waals surface area contributed by atoms with Gasteiger partial charge in [0.1, 0.15) is 5.82 Å². The standard InChI is InChI=1S/C14H19FO2/c1-10-5-6-13(15)12(8-10)14(16)7-3-4-11(9-14)17-2/h5-6,8,11,16H,3-4,7,9H2,1-2H3. The highest BCUT2D eigenvalue weighted by Crippen LogP contribution is 2.39. The lowest BCUT2D eigenvalue weighted by atomic mass is 9.77. The average molecular weight is 238 g/mol. The topological polar surface area (TPSA) is 29.5 Å². The monoisotopic (exact) mass is 238 g/mol. The Bertz CT molecular complexity index is 405. The number of methoxy groups -OCH3 is 1. The first kappa shape index (κ1) is 12.5. The summed E-state index contributed by atoms with van der Waals surface area (Å²) in [5, 5.41) is 10.6. The van der Waals surface area contributed by atoms with E-state index < -0.39 is 5.60 Å². The number of ether oxygens (including phenoxy) is 1. The van der Waals surface area contributed by atoms with Gasteiger partial charge < -0.3 is 9.84 Å². The molecule has 0 aliphatic heterocycles. The fraction of sp³-hybridized carbons (Fsp3) is 0.571. The Morgan fingerprint density at radius 1 is 1.47 bits per heavy atom. The van der Waals surface area contributed by atoms with Crippen molar-refractivity contribution < 1.29 is 14.2 Å². The molecule has 0 bridgehead atoms. The van der Waals surface area contributed by atoms with E-state index in [2.05, 4.69) is 0 Å². The molecular weight excluding hydrogens is 219 g/mol. The van der Waals surface area contributed by atoms with Crippen LogP contribution in [0.15, 0.2) is 18.2 Å². The number of halogens is 1. The van der Waals surface area contributed by atoms with Crippen LogP contribution >= 0.6 is 0 Å². The Labute approximate surface area is 101 Å². The molecule has 3 heteroatoms. The number of hydrogen-bond donors (Lipinski definition) is 1. The van der Waals surface area contributed by atoms with Gasteiger partial charge in [-0.1, -0.05) is 17.7 Å². The van der Waals surface area contributed by atoms with Gasteiger partial charge in [-0.15, -0.1) is 0 Å². The molecule has 1 aromatic rings. The van der Waals surface area contributed by atoms with Gasteiger partial charge >= 0.3 is 0 Å². The number of aliphatic hydroxyl groups is 1. The van der Waals surface area contributed by atoms with Gasteiger partial charge in [-0.3, -0.25) is 0 Å². The summed E-state index contributed by atoms with van der Waals surface area (Å²) in [6, 6.07) is 4.89. The van der Waals surface area contributed by atoms with Crippen molar-refractivity contribution in [1.82, 2.24) is 0 Å². The van der Waals surface area contributed by atoms with Gasteiger partial charge in [-0.2, -0.15) is 0 Å². The van der Waals surface area contributed by atoms with Crippen LogP contribution in [0.1, 0.15) is 36.8 Å². The average Bonchev–Trinajstić information content (AvgIpc) is 2.32. The van der Waals surface area contributed by atoms with Gasteiger partial charge in [0.05, 0.1) is 11.7 Å². The van der Waals surface area contributed by atoms with Gasteiger partial charge in [0.25, 0.3) is 0 Å². The Hall–Kier alpha value is -0.930. The molecule has 2 unspecified atom stereocenters. The zero-order valence-electron chi connectivity index (χ0n) is 10.4. The van der Waals surface area contributed by atoms with Crippen LogP contribution in [0, 0.1) is 12.7 Å². The molecule has 0 amide bonds. The van der Waals surface area contributed by atoms with Crippen molar-refractivity contribution in [3.8, 4) is 0 Å². The van der Waals surface area contributed by atoms with Crippen LogP contribution in [-0.2, 0) is 10.3 Å². The minimum Gasteiger partial charge on any atom is -0.385 e. The molecule has 94 valence electrons. The quantitative estimate of drug-likeness (QED) is 0.858. The highest BCUT2D eigenvalue weighted by Gasteiger charge is 2.37. The van der Waals surface area contributed by atoms with E-state index in [0.717, 1.165) is 18.4 Å². The van der Waals surface area contributed by atoms with Crippen LogP contribution in [-0.4, -0.2) is 18.3 Å². The van der Waals surface area contributed by atoms with Crippen molar-refractivity contribution in [2.75, 3.05) is 7.11 Å². The van der Waals surface area contributed by atoms with Gasteiger partial charge in [-0.25, -0.2) is 4.39 Å². The molecule has 0 saturated heterocycles.